The van der Waals surface area contributed by atoms with E-state index in [9.17, 15) is 13.2 Å². The van der Waals surface area contributed by atoms with Crippen LogP contribution in [0.2, 0.25) is 0 Å². The maximum atomic E-state index is 12.3. The van der Waals surface area contributed by atoms with Crippen LogP contribution in [0.25, 0.3) is 0 Å². The van der Waals surface area contributed by atoms with Crippen LogP contribution in [0.1, 0.15) is 20.8 Å². The van der Waals surface area contributed by atoms with Crippen molar-refractivity contribution >= 4 is 0 Å². The standard InChI is InChI=1S/C14H28F3N3/c1-12(2)8-18-9-13(3)10-19-4-6-20(7-5-19)11-14(15,16)17/h12-13,18H,4-11H2,1-3H3. The van der Waals surface area contributed by atoms with E-state index in [0.29, 0.717) is 24.9 Å². The van der Waals surface area contributed by atoms with Gasteiger partial charge in [0.2, 0.25) is 0 Å². The third-order valence-electron chi connectivity index (χ3n) is 3.48. The van der Waals surface area contributed by atoms with Gasteiger partial charge in [0.1, 0.15) is 0 Å². The van der Waals surface area contributed by atoms with Crippen LogP contribution in [0, 0.1) is 11.8 Å². The van der Waals surface area contributed by atoms with E-state index in [4.69, 9.17) is 0 Å². The Morgan fingerprint density at radius 3 is 2.00 bits per heavy atom. The summed E-state index contributed by atoms with van der Waals surface area (Å²) in [6.45, 7) is 11.2. The van der Waals surface area contributed by atoms with Crippen LogP contribution in [-0.2, 0) is 0 Å². The minimum Gasteiger partial charge on any atom is -0.316 e. The van der Waals surface area contributed by atoms with Crippen LogP contribution >= 0.6 is 0 Å². The molecule has 0 aromatic rings. The van der Waals surface area contributed by atoms with Crippen LogP contribution in [0.4, 0.5) is 13.2 Å². The predicted octanol–water partition coefficient (Wildman–Crippen LogP) is 2.05. The first kappa shape index (κ1) is 17.7. The Balaban J connectivity index is 2.15. The molecule has 20 heavy (non-hydrogen) atoms. The molecule has 3 nitrogen and oxygen atoms in total. The molecule has 0 spiro atoms. The molecular weight excluding hydrogens is 267 g/mol. The summed E-state index contributed by atoms with van der Waals surface area (Å²) < 4.78 is 36.9. The van der Waals surface area contributed by atoms with E-state index in [2.05, 4.69) is 31.0 Å². The molecule has 0 aromatic carbocycles. The highest BCUT2D eigenvalue weighted by Gasteiger charge is 2.32. The SMILES string of the molecule is CC(C)CNCC(C)CN1CCN(CC(F)(F)F)CC1. The van der Waals surface area contributed by atoms with Crippen molar-refractivity contribution in [3.05, 3.63) is 0 Å². The van der Waals surface area contributed by atoms with Crippen molar-refractivity contribution in [1.82, 2.24) is 15.1 Å². The van der Waals surface area contributed by atoms with Crippen LogP contribution < -0.4 is 5.32 Å². The first-order valence-electron chi connectivity index (χ1n) is 7.48. The van der Waals surface area contributed by atoms with Crippen LogP contribution in [-0.4, -0.2) is 68.3 Å². The predicted molar refractivity (Wildman–Crippen MR) is 75.8 cm³/mol. The third-order valence-corrected chi connectivity index (χ3v) is 3.48. The minimum atomic E-state index is -4.07. The summed E-state index contributed by atoms with van der Waals surface area (Å²) in [6.07, 6.45) is -4.07. The fraction of sp³-hybridized carbons (Fsp3) is 1.00. The molecule has 0 saturated carbocycles. The molecule has 1 aliphatic heterocycles. The fourth-order valence-corrected chi connectivity index (χ4v) is 2.51. The van der Waals surface area contributed by atoms with Crippen molar-refractivity contribution in [2.75, 3.05) is 52.4 Å². The van der Waals surface area contributed by atoms with Gasteiger partial charge in [0, 0.05) is 32.7 Å². The summed E-state index contributed by atoms with van der Waals surface area (Å²) in [7, 11) is 0. The number of halogens is 3. The van der Waals surface area contributed by atoms with Gasteiger partial charge in [0.15, 0.2) is 0 Å². The first-order valence-corrected chi connectivity index (χ1v) is 7.48. The molecule has 1 fully saturated rings. The van der Waals surface area contributed by atoms with E-state index < -0.39 is 12.7 Å². The average Bonchev–Trinajstić information content (AvgIpc) is 2.29. The molecule has 1 rings (SSSR count). The first-order chi connectivity index (χ1) is 9.26. The fourth-order valence-electron chi connectivity index (χ4n) is 2.51. The molecule has 6 heteroatoms. The molecule has 0 aromatic heterocycles. The number of hydrogen-bond acceptors (Lipinski definition) is 3. The monoisotopic (exact) mass is 295 g/mol. The van der Waals surface area contributed by atoms with E-state index in [1.165, 1.54) is 4.90 Å². The third kappa shape index (κ3) is 8.07. The van der Waals surface area contributed by atoms with Crippen LogP contribution in [0.15, 0.2) is 0 Å². The van der Waals surface area contributed by atoms with Gasteiger partial charge in [-0.25, -0.2) is 0 Å². The van der Waals surface area contributed by atoms with Gasteiger partial charge >= 0.3 is 6.18 Å². The number of rotatable bonds is 7. The van der Waals surface area contributed by atoms with Crippen LogP contribution in [0.5, 0.6) is 0 Å². The van der Waals surface area contributed by atoms with Crippen molar-refractivity contribution in [1.29, 1.82) is 0 Å². The lowest BCUT2D eigenvalue weighted by atomic mass is 10.1. The second kappa shape index (κ2) is 8.20. The number of hydrogen-bond donors (Lipinski definition) is 1. The van der Waals surface area contributed by atoms with Crippen LogP contribution in [0.3, 0.4) is 0 Å². The lowest BCUT2D eigenvalue weighted by Gasteiger charge is -2.36. The molecule has 0 amide bonds. The number of nitrogens with zero attached hydrogens (tertiary/aromatic N) is 2. The highest BCUT2D eigenvalue weighted by molar-refractivity contribution is 4.75. The van der Waals surface area contributed by atoms with Crippen molar-refractivity contribution in [3.8, 4) is 0 Å². The zero-order chi connectivity index (χ0) is 15.2. The second-order valence-corrected chi connectivity index (χ2v) is 6.35. The summed E-state index contributed by atoms with van der Waals surface area (Å²) in [5.41, 5.74) is 0. The Morgan fingerprint density at radius 2 is 1.50 bits per heavy atom. The van der Waals surface area contributed by atoms with Crippen molar-refractivity contribution in [2.24, 2.45) is 11.8 Å². The Kier molecular flexibility index (Phi) is 7.26. The quantitative estimate of drug-likeness (QED) is 0.775. The van der Waals surface area contributed by atoms with Gasteiger partial charge in [-0.1, -0.05) is 20.8 Å². The number of nitrogens with one attached hydrogen (secondary N) is 1. The van der Waals surface area contributed by atoms with Crippen molar-refractivity contribution in [3.63, 3.8) is 0 Å². The zero-order valence-corrected chi connectivity index (χ0v) is 12.8. The zero-order valence-electron chi connectivity index (χ0n) is 12.8. The van der Waals surface area contributed by atoms with Gasteiger partial charge in [-0.05, 0) is 24.9 Å². The van der Waals surface area contributed by atoms with E-state index in [0.717, 1.165) is 32.7 Å². The molecule has 1 saturated heterocycles. The Hall–Kier alpha value is -0.330. The van der Waals surface area contributed by atoms with Gasteiger partial charge in [0.05, 0.1) is 6.54 Å². The largest absolute Gasteiger partial charge is 0.401 e. The molecule has 0 bridgehead atoms. The van der Waals surface area contributed by atoms with Gasteiger partial charge in [-0.15, -0.1) is 0 Å². The summed E-state index contributed by atoms with van der Waals surface area (Å²) >= 11 is 0. The molecule has 1 aliphatic rings. The molecule has 1 atom stereocenters. The number of piperazine rings is 1. The van der Waals surface area contributed by atoms with E-state index >= 15 is 0 Å². The molecule has 1 heterocycles. The average molecular weight is 295 g/mol. The Bertz CT molecular complexity index is 261. The molecule has 120 valence electrons. The van der Waals surface area contributed by atoms with E-state index in [-0.39, 0.29) is 0 Å². The smallest absolute Gasteiger partial charge is 0.316 e. The topological polar surface area (TPSA) is 18.5 Å². The summed E-state index contributed by atoms with van der Waals surface area (Å²) in [5, 5.41) is 3.43. The van der Waals surface area contributed by atoms with Crippen molar-refractivity contribution in [2.45, 2.75) is 26.9 Å². The highest BCUT2D eigenvalue weighted by atomic mass is 19.4. The highest BCUT2D eigenvalue weighted by Crippen LogP contribution is 2.17. The van der Waals surface area contributed by atoms with Gasteiger partial charge in [-0.3, -0.25) is 4.90 Å². The summed E-state index contributed by atoms with van der Waals surface area (Å²) in [6, 6.07) is 0. The van der Waals surface area contributed by atoms with Gasteiger partial charge in [0.25, 0.3) is 0 Å². The maximum absolute atomic E-state index is 12.3. The summed E-state index contributed by atoms with van der Waals surface area (Å²) in [5.74, 6) is 1.18. The Morgan fingerprint density at radius 1 is 0.950 bits per heavy atom. The molecule has 1 unspecified atom stereocenters. The minimum absolute atomic E-state index is 0.519. The van der Waals surface area contributed by atoms with E-state index in [1.54, 1.807) is 0 Å². The molecular formula is C14H28F3N3. The molecule has 0 aliphatic carbocycles. The van der Waals surface area contributed by atoms with Crippen molar-refractivity contribution < 1.29 is 13.2 Å². The second-order valence-electron chi connectivity index (χ2n) is 6.35. The van der Waals surface area contributed by atoms with Gasteiger partial charge < -0.3 is 10.2 Å². The molecule has 1 N–H and O–H groups in total. The number of alkyl halides is 3. The normalized spacial score (nSPS) is 20.6. The maximum Gasteiger partial charge on any atom is 0.401 e. The van der Waals surface area contributed by atoms with Gasteiger partial charge in [-0.2, -0.15) is 13.2 Å². The molecule has 0 radical (unpaired) electrons. The van der Waals surface area contributed by atoms with E-state index in [1.807, 2.05) is 0 Å². The summed E-state index contributed by atoms with van der Waals surface area (Å²) in [4.78, 5) is 3.77. The Labute approximate surface area is 120 Å². The lowest BCUT2D eigenvalue weighted by molar-refractivity contribution is -0.149. The lowest BCUT2D eigenvalue weighted by Crippen LogP contribution is -2.50.